The van der Waals surface area contributed by atoms with Gasteiger partial charge in [0.05, 0.1) is 13.5 Å². The monoisotopic (exact) mass is 374 g/mol. The maximum Gasteiger partial charge on any atom is 0.251 e. The van der Waals surface area contributed by atoms with Crippen LogP contribution in [0.5, 0.6) is 5.75 Å². The Hall–Kier alpha value is -2.08. The van der Waals surface area contributed by atoms with Crippen LogP contribution in [0.1, 0.15) is 36.0 Å². The predicted molar refractivity (Wildman–Crippen MR) is 103 cm³/mol. The van der Waals surface area contributed by atoms with E-state index in [1.165, 1.54) is 0 Å². The van der Waals surface area contributed by atoms with Gasteiger partial charge in [-0.25, -0.2) is 0 Å². The van der Waals surface area contributed by atoms with Gasteiger partial charge in [0.1, 0.15) is 11.9 Å². The van der Waals surface area contributed by atoms with Crippen molar-refractivity contribution in [2.45, 2.75) is 45.6 Å². The first-order valence-electron chi connectivity index (χ1n) is 9.82. The molecule has 2 heterocycles. The highest BCUT2D eigenvalue weighted by Gasteiger charge is 2.30. The van der Waals surface area contributed by atoms with Crippen LogP contribution in [-0.2, 0) is 20.7 Å². The van der Waals surface area contributed by atoms with Crippen molar-refractivity contribution in [3.05, 3.63) is 28.8 Å². The lowest BCUT2D eigenvalue weighted by atomic mass is 10.0. The lowest BCUT2D eigenvalue weighted by Crippen LogP contribution is -2.42. The molecule has 3 rings (SSSR count). The molecule has 2 saturated heterocycles. The number of nitrogens with zero attached hydrogens (tertiary/aromatic N) is 2. The fourth-order valence-electron chi connectivity index (χ4n) is 3.90. The topological polar surface area (TPSA) is 59.1 Å². The Morgan fingerprint density at radius 1 is 1.07 bits per heavy atom. The van der Waals surface area contributed by atoms with E-state index < -0.39 is 0 Å². The molecule has 0 aliphatic carbocycles. The van der Waals surface area contributed by atoms with Crippen LogP contribution in [0.3, 0.4) is 0 Å². The highest BCUT2D eigenvalue weighted by molar-refractivity contribution is 5.82. The molecule has 1 atom stereocenters. The van der Waals surface area contributed by atoms with Crippen LogP contribution in [0, 0.1) is 13.8 Å². The van der Waals surface area contributed by atoms with Crippen molar-refractivity contribution in [3.63, 3.8) is 0 Å². The zero-order valence-corrected chi connectivity index (χ0v) is 16.6. The molecule has 0 aromatic heterocycles. The zero-order valence-electron chi connectivity index (χ0n) is 16.6. The number of ether oxygens (including phenoxy) is 2. The SMILES string of the molecule is COc1cc(C)c(CC(=O)N2CCCN(C(=O)C3CCCO3)CC2)cc1C. The molecule has 2 aliphatic heterocycles. The molecule has 148 valence electrons. The summed E-state index contributed by atoms with van der Waals surface area (Å²) in [6.45, 7) is 7.25. The van der Waals surface area contributed by atoms with E-state index in [4.69, 9.17) is 9.47 Å². The Labute approximate surface area is 161 Å². The summed E-state index contributed by atoms with van der Waals surface area (Å²) in [5.74, 6) is 1.05. The van der Waals surface area contributed by atoms with Crippen molar-refractivity contribution in [2.24, 2.45) is 0 Å². The fourth-order valence-corrected chi connectivity index (χ4v) is 3.90. The Balaban J connectivity index is 1.59. The molecule has 1 aromatic rings. The van der Waals surface area contributed by atoms with Gasteiger partial charge in [0, 0.05) is 32.8 Å². The average Bonchev–Trinajstić information content (AvgIpc) is 3.08. The predicted octanol–water partition coefficient (Wildman–Crippen LogP) is 2.09. The smallest absolute Gasteiger partial charge is 0.251 e. The summed E-state index contributed by atoms with van der Waals surface area (Å²) in [5, 5.41) is 0. The van der Waals surface area contributed by atoms with Crippen molar-refractivity contribution in [1.29, 1.82) is 0 Å². The Morgan fingerprint density at radius 3 is 2.52 bits per heavy atom. The zero-order chi connectivity index (χ0) is 19.4. The van der Waals surface area contributed by atoms with Crippen LogP contribution >= 0.6 is 0 Å². The van der Waals surface area contributed by atoms with Crippen molar-refractivity contribution < 1.29 is 19.1 Å². The van der Waals surface area contributed by atoms with Crippen molar-refractivity contribution in [1.82, 2.24) is 9.80 Å². The van der Waals surface area contributed by atoms with E-state index in [9.17, 15) is 9.59 Å². The molecule has 1 aromatic carbocycles. The minimum Gasteiger partial charge on any atom is -0.496 e. The second kappa shape index (κ2) is 8.74. The number of hydrogen-bond acceptors (Lipinski definition) is 4. The average molecular weight is 374 g/mol. The van der Waals surface area contributed by atoms with Gasteiger partial charge in [-0.15, -0.1) is 0 Å². The van der Waals surface area contributed by atoms with Crippen LogP contribution in [0.15, 0.2) is 12.1 Å². The van der Waals surface area contributed by atoms with Crippen molar-refractivity contribution in [2.75, 3.05) is 39.9 Å². The molecule has 0 N–H and O–H groups in total. The number of methoxy groups -OCH3 is 1. The first kappa shape index (κ1) is 19.7. The van der Waals surface area contributed by atoms with E-state index in [1.807, 2.05) is 35.8 Å². The summed E-state index contributed by atoms with van der Waals surface area (Å²) >= 11 is 0. The lowest BCUT2D eigenvalue weighted by molar-refractivity contribution is -0.141. The molecular weight excluding hydrogens is 344 g/mol. The molecule has 1 unspecified atom stereocenters. The number of hydrogen-bond donors (Lipinski definition) is 0. The summed E-state index contributed by atoms with van der Waals surface area (Å²) in [5.41, 5.74) is 3.14. The third-order valence-electron chi connectivity index (χ3n) is 5.56. The van der Waals surface area contributed by atoms with Crippen molar-refractivity contribution in [3.8, 4) is 5.75 Å². The van der Waals surface area contributed by atoms with Gasteiger partial charge in [-0.3, -0.25) is 9.59 Å². The quantitative estimate of drug-likeness (QED) is 0.810. The fraction of sp³-hybridized carbons (Fsp3) is 0.619. The van der Waals surface area contributed by atoms with E-state index in [0.29, 0.717) is 39.2 Å². The Kier molecular flexibility index (Phi) is 6.37. The minimum absolute atomic E-state index is 0.0865. The highest BCUT2D eigenvalue weighted by Crippen LogP contribution is 2.23. The van der Waals surface area contributed by atoms with Gasteiger partial charge < -0.3 is 19.3 Å². The Bertz CT molecular complexity index is 698. The number of carbonyl (C=O) groups excluding carboxylic acids is 2. The van der Waals surface area contributed by atoms with Crippen LogP contribution < -0.4 is 4.74 Å². The van der Waals surface area contributed by atoms with Crippen LogP contribution in [0.25, 0.3) is 0 Å². The number of carbonyl (C=O) groups is 2. The van der Waals surface area contributed by atoms with Crippen molar-refractivity contribution >= 4 is 11.8 Å². The normalized spacial score (nSPS) is 20.5. The number of rotatable bonds is 4. The minimum atomic E-state index is -0.280. The van der Waals surface area contributed by atoms with Crippen LogP contribution in [0.4, 0.5) is 0 Å². The van der Waals surface area contributed by atoms with E-state index in [2.05, 4.69) is 0 Å². The second-order valence-corrected chi connectivity index (χ2v) is 7.49. The first-order valence-corrected chi connectivity index (χ1v) is 9.82. The van der Waals surface area contributed by atoms with E-state index in [0.717, 1.165) is 41.7 Å². The third-order valence-corrected chi connectivity index (χ3v) is 5.56. The first-order chi connectivity index (χ1) is 13.0. The van der Waals surface area contributed by atoms with Gasteiger partial charge in [-0.2, -0.15) is 0 Å². The standard InChI is InChI=1S/C21H30N2O4/c1-15-13-19(26-3)16(2)12-17(15)14-20(24)22-7-5-8-23(10-9-22)21(25)18-6-4-11-27-18/h12-13,18H,4-11,14H2,1-3H3. The molecule has 0 radical (unpaired) electrons. The summed E-state index contributed by atoms with van der Waals surface area (Å²) < 4.78 is 10.9. The lowest BCUT2D eigenvalue weighted by Gasteiger charge is -2.24. The molecular formula is C21H30N2O4. The van der Waals surface area contributed by atoms with E-state index >= 15 is 0 Å². The summed E-state index contributed by atoms with van der Waals surface area (Å²) in [7, 11) is 1.66. The highest BCUT2D eigenvalue weighted by atomic mass is 16.5. The molecule has 0 spiro atoms. The summed E-state index contributed by atoms with van der Waals surface area (Å²) in [6, 6.07) is 4.03. The largest absolute Gasteiger partial charge is 0.496 e. The van der Waals surface area contributed by atoms with Gasteiger partial charge in [-0.1, -0.05) is 6.07 Å². The Morgan fingerprint density at radius 2 is 1.81 bits per heavy atom. The molecule has 27 heavy (non-hydrogen) atoms. The second-order valence-electron chi connectivity index (χ2n) is 7.49. The van der Waals surface area contributed by atoms with Gasteiger partial charge in [0.15, 0.2) is 0 Å². The molecule has 2 amide bonds. The van der Waals surface area contributed by atoms with Crippen LogP contribution in [0.2, 0.25) is 0 Å². The number of aryl methyl sites for hydroxylation is 2. The summed E-state index contributed by atoms with van der Waals surface area (Å²) in [6.07, 6.45) is 2.68. The third kappa shape index (κ3) is 4.61. The molecule has 2 fully saturated rings. The number of benzene rings is 1. The van der Waals surface area contributed by atoms with Gasteiger partial charge in [-0.05, 0) is 55.9 Å². The van der Waals surface area contributed by atoms with Gasteiger partial charge >= 0.3 is 0 Å². The van der Waals surface area contributed by atoms with E-state index in [1.54, 1.807) is 7.11 Å². The van der Waals surface area contributed by atoms with Gasteiger partial charge in [0.25, 0.3) is 5.91 Å². The van der Waals surface area contributed by atoms with E-state index in [-0.39, 0.29) is 17.9 Å². The molecule has 6 nitrogen and oxygen atoms in total. The number of amides is 2. The van der Waals surface area contributed by atoms with Crippen LogP contribution in [-0.4, -0.2) is 67.6 Å². The molecule has 2 aliphatic rings. The molecule has 0 saturated carbocycles. The molecule has 6 heteroatoms. The maximum atomic E-state index is 12.8. The van der Waals surface area contributed by atoms with Gasteiger partial charge in [0.2, 0.25) is 5.91 Å². The summed E-state index contributed by atoms with van der Waals surface area (Å²) in [4.78, 5) is 29.1. The maximum absolute atomic E-state index is 12.8. The molecule has 0 bridgehead atoms.